The fourth-order valence-electron chi connectivity index (χ4n) is 4.69. The Kier molecular flexibility index (Phi) is 6.37. The van der Waals surface area contributed by atoms with Crippen LogP contribution in [0.3, 0.4) is 0 Å². The predicted molar refractivity (Wildman–Crippen MR) is 102 cm³/mol. The summed E-state index contributed by atoms with van der Waals surface area (Å²) in [5, 5.41) is 9.53. The quantitative estimate of drug-likeness (QED) is 0.858. The lowest BCUT2D eigenvalue weighted by molar-refractivity contribution is 0.0266. The summed E-state index contributed by atoms with van der Waals surface area (Å²) in [7, 11) is 1.74. The van der Waals surface area contributed by atoms with Gasteiger partial charge in [0.15, 0.2) is 0 Å². The largest absolute Gasteiger partial charge is 0.496 e. The van der Waals surface area contributed by atoms with E-state index in [1.165, 1.54) is 42.4 Å². The van der Waals surface area contributed by atoms with Crippen LogP contribution >= 0.6 is 0 Å². The van der Waals surface area contributed by atoms with Crippen molar-refractivity contribution in [2.45, 2.75) is 64.6 Å². The third-order valence-electron chi connectivity index (χ3n) is 6.33. The minimum Gasteiger partial charge on any atom is -0.496 e. The highest BCUT2D eigenvalue weighted by Crippen LogP contribution is 2.29. The van der Waals surface area contributed by atoms with Gasteiger partial charge in [-0.3, -0.25) is 9.80 Å². The van der Waals surface area contributed by atoms with E-state index in [1.807, 2.05) is 0 Å². The molecule has 1 aliphatic heterocycles. The van der Waals surface area contributed by atoms with Crippen LogP contribution in [0.5, 0.6) is 5.75 Å². The van der Waals surface area contributed by atoms with Crippen molar-refractivity contribution < 1.29 is 9.84 Å². The summed E-state index contributed by atoms with van der Waals surface area (Å²) in [5.41, 5.74) is 3.99. The minimum absolute atomic E-state index is 0.294. The zero-order valence-electron chi connectivity index (χ0n) is 16.1. The normalized spacial score (nSPS) is 23.3. The molecule has 4 nitrogen and oxygen atoms in total. The van der Waals surface area contributed by atoms with Crippen LogP contribution in [0.2, 0.25) is 0 Å². The molecule has 1 N–H and O–H groups in total. The van der Waals surface area contributed by atoms with E-state index in [4.69, 9.17) is 4.74 Å². The third-order valence-corrected chi connectivity index (χ3v) is 6.33. The molecule has 0 radical (unpaired) electrons. The topological polar surface area (TPSA) is 35.9 Å². The van der Waals surface area contributed by atoms with Crippen LogP contribution in [0, 0.1) is 13.8 Å². The monoisotopic (exact) mass is 346 g/mol. The number of aliphatic hydroxyl groups is 1. The van der Waals surface area contributed by atoms with E-state index in [-0.39, 0.29) is 0 Å². The van der Waals surface area contributed by atoms with Crippen molar-refractivity contribution in [3.05, 3.63) is 28.8 Å². The molecule has 0 aromatic heterocycles. The van der Waals surface area contributed by atoms with Gasteiger partial charge in [0.1, 0.15) is 5.75 Å². The first-order valence-corrected chi connectivity index (χ1v) is 9.86. The summed E-state index contributed by atoms with van der Waals surface area (Å²) >= 11 is 0. The molecule has 1 aliphatic carbocycles. The summed E-state index contributed by atoms with van der Waals surface area (Å²) in [5.74, 6) is 0.977. The highest BCUT2D eigenvalue weighted by Gasteiger charge is 2.33. The van der Waals surface area contributed by atoms with Crippen LogP contribution in [0.25, 0.3) is 0 Å². The fourth-order valence-corrected chi connectivity index (χ4v) is 4.69. The van der Waals surface area contributed by atoms with Gasteiger partial charge >= 0.3 is 0 Å². The van der Waals surface area contributed by atoms with Crippen molar-refractivity contribution in [1.82, 2.24) is 9.80 Å². The summed E-state index contributed by atoms with van der Waals surface area (Å²) < 4.78 is 5.44. The first-order valence-electron chi connectivity index (χ1n) is 9.86. The molecule has 1 atom stereocenters. The van der Waals surface area contributed by atoms with Crippen molar-refractivity contribution in [3.8, 4) is 5.75 Å². The number of aliphatic hydroxyl groups excluding tert-OH is 1. The Bertz CT molecular complexity index is 569. The van der Waals surface area contributed by atoms with Gasteiger partial charge in [-0.05, 0) is 55.9 Å². The molecule has 1 saturated carbocycles. The lowest BCUT2D eigenvalue weighted by Crippen LogP contribution is -2.56. The Balaban J connectivity index is 1.67. The first kappa shape index (κ1) is 18.7. The summed E-state index contributed by atoms with van der Waals surface area (Å²) in [6, 6.07) is 5.56. The second-order valence-electron chi connectivity index (χ2n) is 7.75. The molecule has 0 spiro atoms. The number of benzene rings is 1. The van der Waals surface area contributed by atoms with Crippen molar-refractivity contribution in [1.29, 1.82) is 0 Å². The average Bonchev–Trinajstić information content (AvgIpc) is 3.14. The second kappa shape index (κ2) is 8.52. The Labute approximate surface area is 152 Å². The third kappa shape index (κ3) is 4.18. The Morgan fingerprint density at radius 3 is 2.56 bits per heavy atom. The molecule has 0 amide bonds. The maximum atomic E-state index is 9.53. The summed E-state index contributed by atoms with van der Waals surface area (Å²) in [6.45, 7) is 8.98. The van der Waals surface area contributed by atoms with Crippen molar-refractivity contribution >= 4 is 0 Å². The van der Waals surface area contributed by atoms with Crippen LogP contribution in [0.1, 0.15) is 48.8 Å². The molecule has 0 bridgehead atoms. The number of hydrogen-bond donors (Lipinski definition) is 1. The highest BCUT2D eigenvalue weighted by atomic mass is 16.5. The molecule has 1 aromatic carbocycles. The van der Waals surface area contributed by atoms with Crippen molar-refractivity contribution in [3.63, 3.8) is 0 Å². The molecule has 1 unspecified atom stereocenters. The molecule has 3 rings (SSSR count). The van der Waals surface area contributed by atoms with E-state index >= 15 is 0 Å². The van der Waals surface area contributed by atoms with Gasteiger partial charge in [0.2, 0.25) is 0 Å². The molecule has 4 heteroatoms. The molecule has 140 valence electrons. The maximum Gasteiger partial charge on any atom is 0.122 e. The number of nitrogens with zero attached hydrogens (tertiary/aromatic N) is 2. The van der Waals surface area contributed by atoms with Gasteiger partial charge in [0, 0.05) is 44.9 Å². The average molecular weight is 347 g/mol. The van der Waals surface area contributed by atoms with Crippen LogP contribution < -0.4 is 4.74 Å². The standard InChI is InChI=1S/C21H34N2O2/c1-16-17(2)21(25-3)9-8-18(16)14-22-11-12-23(19-6-4-5-7-19)20(15-22)10-13-24/h8-9,19-20,24H,4-7,10-15H2,1-3H3. The lowest BCUT2D eigenvalue weighted by Gasteiger charge is -2.44. The molecule has 1 aromatic rings. The van der Waals surface area contributed by atoms with Crippen LogP contribution in [-0.2, 0) is 6.54 Å². The number of rotatable bonds is 6. The van der Waals surface area contributed by atoms with Gasteiger partial charge in [-0.15, -0.1) is 0 Å². The molecular formula is C21H34N2O2. The maximum absolute atomic E-state index is 9.53. The predicted octanol–water partition coefficient (Wildman–Crippen LogP) is 3.12. The number of ether oxygens (including phenoxy) is 1. The summed E-state index contributed by atoms with van der Waals surface area (Å²) in [6.07, 6.45) is 6.34. The van der Waals surface area contributed by atoms with Gasteiger partial charge in [-0.1, -0.05) is 18.9 Å². The van der Waals surface area contributed by atoms with Gasteiger partial charge in [-0.2, -0.15) is 0 Å². The van der Waals surface area contributed by atoms with Crippen LogP contribution in [0.15, 0.2) is 12.1 Å². The van der Waals surface area contributed by atoms with E-state index in [2.05, 4.69) is 35.8 Å². The van der Waals surface area contributed by atoms with E-state index in [0.717, 1.165) is 44.4 Å². The van der Waals surface area contributed by atoms with E-state index in [0.29, 0.717) is 12.6 Å². The van der Waals surface area contributed by atoms with Gasteiger partial charge in [0.25, 0.3) is 0 Å². The number of methoxy groups -OCH3 is 1. The van der Waals surface area contributed by atoms with Gasteiger partial charge in [-0.25, -0.2) is 0 Å². The number of hydrogen-bond acceptors (Lipinski definition) is 4. The Hall–Kier alpha value is -1.10. The van der Waals surface area contributed by atoms with E-state index in [1.54, 1.807) is 7.11 Å². The fraction of sp³-hybridized carbons (Fsp3) is 0.714. The second-order valence-corrected chi connectivity index (χ2v) is 7.75. The SMILES string of the molecule is COc1ccc(CN2CCN(C3CCCC3)C(CCO)C2)c(C)c1C. The molecule has 1 saturated heterocycles. The lowest BCUT2D eigenvalue weighted by atomic mass is 10.00. The van der Waals surface area contributed by atoms with Gasteiger partial charge < -0.3 is 9.84 Å². The smallest absolute Gasteiger partial charge is 0.122 e. The van der Waals surface area contributed by atoms with Crippen molar-refractivity contribution in [2.24, 2.45) is 0 Å². The molecule has 25 heavy (non-hydrogen) atoms. The molecule has 1 heterocycles. The molecular weight excluding hydrogens is 312 g/mol. The molecule has 2 aliphatic rings. The van der Waals surface area contributed by atoms with E-state index in [9.17, 15) is 5.11 Å². The Morgan fingerprint density at radius 2 is 1.88 bits per heavy atom. The zero-order valence-corrected chi connectivity index (χ0v) is 16.1. The van der Waals surface area contributed by atoms with Crippen LogP contribution in [0.4, 0.5) is 0 Å². The Morgan fingerprint density at radius 1 is 1.12 bits per heavy atom. The highest BCUT2D eigenvalue weighted by molar-refractivity contribution is 5.43. The first-order chi connectivity index (χ1) is 12.1. The van der Waals surface area contributed by atoms with Gasteiger partial charge in [0.05, 0.1) is 7.11 Å². The molecule has 2 fully saturated rings. The van der Waals surface area contributed by atoms with Crippen LogP contribution in [-0.4, -0.2) is 60.3 Å². The van der Waals surface area contributed by atoms with Crippen molar-refractivity contribution in [2.75, 3.05) is 33.4 Å². The minimum atomic E-state index is 0.294. The van der Waals surface area contributed by atoms with E-state index < -0.39 is 0 Å². The number of piperazine rings is 1. The zero-order chi connectivity index (χ0) is 17.8. The summed E-state index contributed by atoms with van der Waals surface area (Å²) in [4.78, 5) is 5.27.